The molecule has 0 saturated carbocycles. The molecule has 118 valence electrons. The second-order valence-corrected chi connectivity index (χ2v) is 7.85. The average Bonchev–Trinajstić information content (AvgIpc) is 3.14. The molecule has 1 amide bonds. The van der Waals surface area contributed by atoms with Crippen LogP contribution >= 0.6 is 35.7 Å². The van der Waals surface area contributed by atoms with Crippen LogP contribution in [0.3, 0.4) is 0 Å². The summed E-state index contributed by atoms with van der Waals surface area (Å²) in [6.45, 7) is 0. The van der Waals surface area contributed by atoms with Crippen LogP contribution in [0.25, 0.3) is 16.8 Å². The van der Waals surface area contributed by atoms with E-state index in [0.717, 1.165) is 9.99 Å². The summed E-state index contributed by atoms with van der Waals surface area (Å²) in [5.41, 5.74) is 0. The van der Waals surface area contributed by atoms with Crippen LogP contribution in [0.5, 0.6) is 0 Å². The van der Waals surface area contributed by atoms with E-state index in [2.05, 4.69) is 29.6 Å². The third-order valence-corrected chi connectivity index (χ3v) is 5.64. The molecule has 3 nitrogen and oxygen atoms in total. The molecule has 0 bridgehead atoms. The van der Waals surface area contributed by atoms with Crippen molar-refractivity contribution in [2.75, 3.05) is 0 Å². The second kappa shape index (κ2) is 6.47. The summed E-state index contributed by atoms with van der Waals surface area (Å²) >= 11 is 7.80. The lowest BCUT2D eigenvalue weighted by Gasteiger charge is -2.03. The molecule has 1 aliphatic heterocycles. The number of thioether (sulfide) groups is 1. The molecule has 24 heavy (non-hydrogen) atoms. The SMILES string of the molecule is O=C1NC(=S)SC1=Cc1ccc(Sc2cccc3ccccc23)o1. The molecule has 0 atom stereocenters. The lowest BCUT2D eigenvalue weighted by molar-refractivity contribution is -0.115. The minimum Gasteiger partial charge on any atom is -0.450 e. The highest BCUT2D eigenvalue weighted by Gasteiger charge is 2.22. The molecule has 1 fully saturated rings. The Bertz CT molecular complexity index is 985. The Kier molecular flexibility index (Phi) is 4.18. The smallest absolute Gasteiger partial charge is 0.263 e. The maximum atomic E-state index is 11.7. The summed E-state index contributed by atoms with van der Waals surface area (Å²) in [6, 6.07) is 18.2. The number of nitrogens with one attached hydrogen (secondary N) is 1. The second-order valence-electron chi connectivity index (χ2n) is 5.09. The monoisotopic (exact) mass is 369 g/mol. The van der Waals surface area contributed by atoms with Crippen molar-refractivity contribution in [3.05, 3.63) is 65.3 Å². The van der Waals surface area contributed by atoms with Crippen molar-refractivity contribution in [3.63, 3.8) is 0 Å². The lowest BCUT2D eigenvalue weighted by atomic mass is 10.1. The first-order valence-corrected chi connectivity index (χ1v) is 9.23. The minimum atomic E-state index is -0.176. The molecule has 1 N–H and O–H groups in total. The molecular formula is C18H11NO2S3. The fourth-order valence-corrected chi connectivity index (χ4v) is 4.37. The number of benzene rings is 2. The summed E-state index contributed by atoms with van der Waals surface area (Å²) in [6.07, 6.45) is 1.71. The third-order valence-electron chi connectivity index (χ3n) is 3.48. The van der Waals surface area contributed by atoms with Gasteiger partial charge in [-0.05, 0) is 29.0 Å². The van der Waals surface area contributed by atoms with Crippen LogP contribution in [0, 0.1) is 0 Å². The number of carbonyl (C=O) groups is 1. The van der Waals surface area contributed by atoms with Gasteiger partial charge in [-0.2, -0.15) is 0 Å². The topological polar surface area (TPSA) is 42.2 Å². The third kappa shape index (κ3) is 3.13. The highest BCUT2D eigenvalue weighted by atomic mass is 32.2. The molecular weight excluding hydrogens is 358 g/mol. The van der Waals surface area contributed by atoms with Gasteiger partial charge in [0.25, 0.3) is 5.91 Å². The quantitative estimate of drug-likeness (QED) is 0.515. The first kappa shape index (κ1) is 15.5. The summed E-state index contributed by atoms with van der Waals surface area (Å²) in [7, 11) is 0. The van der Waals surface area contributed by atoms with Crippen LogP contribution in [-0.4, -0.2) is 10.2 Å². The number of fused-ring (bicyclic) bond motifs is 1. The number of hydrogen-bond donors (Lipinski definition) is 1. The number of thiocarbonyl (C=S) groups is 1. The van der Waals surface area contributed by atoms with E-state index in [1.807, 2.05) is 30.3 Å². The number of amides is 1. The molecule has 4 rings (SSSR count). The van der Waals surface area contributed by atoms with E-state index in [0.29, 0.717) is 15.0 Å². The van der Waals surface area contributed by atoms with Crippen molar-refractivity contribution in [3.8, 4) is 0 Å². The van der Waals surface area contributed by atoms with Crippen molar-refractivity contribution in [1.29, 1.82) is 0 Å². The van der Waals surface area contributed by atoms with Gasteiger partial charge in [0, 0.05) is 11.0 Å². The summed E-state index contributed by atoms with van der Waals surface area (Å²) in [5, 5.41) is 5.77. The number of rotatable bonds is 3. The maximum absolute atomic E-state index is 11.7. The molecule has 0 unspecified atom stereocenters. The molecule has 1 aliphatic rings. The molecule has 0 aliphatic carbocycles. The van der Waals surface area contributed by atoms with Gasteiger partial charge in [-0.15, -0.1) is 0 Å². The van der Waals surface area contributed by atoms with E-state index in [-0.39, 0.29) is 5.91 Å². The molecule has 6 heteroatoms. The standard InChI is InChI=1S/C18H11NO2S3/c20-17-15(24-18(22)19-17)10-12-8-9-16(21-12)23-14-7-3-5-11-4-1-2-6-13(11)14/h1-10H,(H,19,20,22). The largest absolute Gasteiger partial charge is 0.450 e. The zero-order valence-electron chi connectivity index (χ0n) is 12.3. The molecule has 2 aromatic carbocycles. The zero-order valence-corrected chi connectivity index (χ0v) is 14.8. The zero-order chi connectivity index (χ0) is 16.5. The highest BCUT2D eigenvalue weighted by Crippen LogP contribution is 2.35. The van der Waals surface area contributed by atoms with E-state index in [9.17, 15) is 4.79 Å². The fraction of sp³-hybridized carbons (Fsp3) is 0. The Morgan fingerprint density at radius 2 is 1.92 bits per heavy atom. The van der Waals surface area contributed by atoms with Gasteiger partial charge in [-0.3, -0.25) is 4.79 Å². The summed E-state index contributed by atoms with van der Waals surface area (Å²) in [5.74, 6) is 0.463. The van der Waals surface area contributed by atoms with Crippen LogP contribution in [-0.2, 0) is 4.79 Å². The fourth-order valence-electron chi connectivity index (χ4n) is 2.41. The van der Waals surface area contributed by atoms with E-state index >= 15 is 0 Å². The van der Waals surface area contributed by atoms with E-state index in [1.165, 1.54) is 22.5 Å². The number of furan rings is 1. The van der Waals surface area contributed by atoms with Gasteiger partial charge in [-0.25, -0.2) is 0 Å². The van der Waals surface area contributed by atoms with Gasteiger partial charge in [0.1, 0.15) is 10.1 Å². The first-order valence-electron chi connectivity index (χ1n) is 7.19. The van der Waals surface area contributed by atoms with E-state index in [4.69, 9.17) is 16.6 Å². The van der Waals surface area contributed by atoms with Crippen molar-refractivity contribution in [2.45, 2.75) is 9.99 Å². The lowest BCUT2D eigenvalue weighted by Crippen LogP contribution is -2.17. The molecule has 1 aromatic heterocycles. The van der Waals surface area contributed by atoms with E-state index in [1.54, 1.807) is 17.8 Å². The Morgan fingerprint density at radius 1 is 1.08 bits per heavy atom. The highest BCUT2D eigenvalue weighted by molar-refractivity contribution is 8.26. The maximum Gasteiger partial charge on any atom is 0.263 e. The van der Waals surface area contributed by atoms with Gasteiger partial charge in [0.2, 0.25) is 0 Å². The summed E-state index contributed by atoms with van der Waals surface area (Å²) in [4.78, 5) is 13.4. The Balaban J connectivity index is 1.60. The van der Waals surface area contributed by atoms with Crippen LogP contribution < -0.4 is 5.32 Å². The normalized spacial score (nSPS) is 16.1. The minimum absolute atomic E-state index is 0.176. The van der Waals surface area contributed by atoms with Gasteiger partial charge in [0.05, 0.1) is 4.91 Å². The predicted octanol–water partition coefficient (Wildman–Crippen LogP) is 5.07. The first-order chi connectivity index (χ1) is 11.7. The van der Waals surface area contributed by atoms with E-state index < -0.39 is 0 Å². The van der Waals surface area contributed by atoms with Gasteiger partial charge < -0.3 is 9.73 Å². The van der Waals surface area contributed by atoms with Gasteiger partial charge >= 0.3 is 0 Å². The average molecular weight is 369 g/mol. The van der Waals surface area contributed by atoms with Crippen LogP contribution in [0.4, 0.5) is 0 Å². The number of hydrogen-bond acceptors (Lipinski definition) is 5. The van der Waals surface area contributed by atoms with Gasteiger partial charge in [-0.1, -0.05) is 72.1 Å². The van der Waals surface area contributed by atoms with Crippen molar-refractivity contribution < 1.29 is 9.21 Å². The molecule has 0 spiro atoms. The molecule has 1 saturated heterocycles. The van der Waals surface area contributed by atoms with Crippen molar-refractivity contribution >= 4 is 62.8 Å². The predicted molar refractivity (Wildman–Crippen MR) is 103 cm³/mol. The molecule has 3 aromatic rings. The Morgan fingerprint density at radius 3 is 2.75 bits per heavy atom. The van der Waals surface area contributed by atoms with Crippen LogP contribution in [0.2, 0.25) is 0 Å². The summed E-state index contributed by atoms with van der Waals surface area (Å²) < 4.78 is 6.31. The molecule has 2 heterocycles. The molecule has 0 radical (unpaired) electrons. The Hall–Kier alpha value is -2.02. The van der Waals surface area contributed by atoms with Crippen molar-refractivity contribution in [1.82, 2.24) is 5.32 Å². The number of carbonyl (C=O) groups excluding carboxylic acids is 1. The van der Waals surface area contributed by atoms with Crippen LogP contribution in [0.15, 0.2) is 73.9 Å². The van der Waals surface area contributed by atoms with Gasteiger partial charge in [0.15, 0.2) is 5.09 Å². The van der Waals surface area contributed by atoms with Crippen LogP contribution in [0.1, 0.15) is 5.76 Å². The van der Waals surface area contributed by atoms with Crippen molar-refractivity contribution in [2.24, 2.45) is 0 Å². The Labute approximate surface area is 152 Å².